The molecule has 2 rings (SSSR count). The van der Waals surface area contributed by atoms with Gasteiger partial charge in [0.1, 0.15) is 6.10 Å². The standard InChI is InChI=1S/C19H28N2O3.ClH/c1-12(2)14-9-8-13(3)10-17(14)24-19(23)15-6-4-5-7-16(15)21-18(22)11-20;/h4-7,12-14,17H,8-11,20H2,1-3H3,(H,21,22);1H/t13-,14+,17?;/m1./s1. The number of halogens is 1. The lowest BCUT2D eigenvalue weighted by atomic mass is 9.75. The number of carbonyl (C=O) groups is 2. The Balaban J connectivity index is 0.00000312. The van der Waals surface area contributed by atoms with Gasteiger partial charge in [-0.15, -0.1) is 12.4 Å². The molecule has 0 aliphatic heterocycles. The Hall–Kier alpha value is -1.59. The predicted molar refractivity (Wildman–Crippen MR) is 102 cm³/mol. The quantitative estimate of drug-likeness (QED) is 0.777. The van der Waals surface area contributed by atoms with Crippen LogP contribution in [0.3, 0.4) is 0 Å². The van der Waals surface area contributed by atoms with E-state index in [1.54, 1.807) is 24.3 Å². The molecular weight excluding hydrogens is 340 g/mol. The average molecular weight is 369 g/mol. The number of rotatable bonds is 5. The van der Waals surface area contributed by atoms with Gasteiger partial charge in [0, 0.05) is 0 Å². The van der Waals surface area contributed by atoms with Crippen molar-refractivity contribution in [1.82, 2.24) is 0 Å². The maximum atomic E-state index is 12.7. The van der Waals surface area contributed by atoms with E-state index in [0.717, 1.165) is 12.8 Å². The van der Waals surface area contributed by atoms with Crippen LogP contribution in [0.1, 0.15) is 50.4 Å². The highest BCUT2D eigenvalue weighted by molar-refractivity contribution is 6.01. The van der Waals surface area contributed by atoms with Crippen LogP contribution in [-0.4, -0.2) is 24.5 Å². The third kappa shape index (κ3) is 5.72. The molecule has 6 heteroatoms. The highest BCUT2D eigenvalue weighted by Crippen LogP contribution is 2.36. The summed E-state index contributed by atoms with van der Waals surface area (Å²) in [4.78, 5) is 24.2. The van der Waals surface area contributed by atoms with Crippen molar-refractivity contribution in [3.8, 4) is 0 Å². The van der Waals surface area contributed by atoms with Gasteiger partial charge in [-0.25, -0.2) is 4.79 Å². The first-order valence-corrected chi connectivity index (χ1v) is 8.72. The lowest BCUT2D eigenvalue weighted by Gasteiger charge is -2.36. The molecule has 0 heterocycles. The van der Waals surface area contributed by atoms with Crippen LogP contribution in [0.2, 0.25) is 0 Å². The molecule has 3 atom stereocenters. The van der Waals surface area contributed by atoms with Crippen molar-refractivity contribution in [3.05, 3.63) is 29.8 Å². The largest absolute Gasteiger partial charge is 0.458 e. The fraction of sp³-hybridized carbons (Fsp3) is 0.579. The number of para-hydroxylation sites is 1. The number of benzene rings is 1. The smallest absolute Gasteiger partial charge is 0.340 e. The van der Waals surface area contributed by atoms with Crippen molar-refractivity contribution in [3.63, 3.8) is 0 Å². The van der Waals surface area contributed by atoms with Gasteiger partial charge in [-0.2, -0.15) is 0 Å². The molecule has 0 saturated heterocycles. The molecule has 0 bridgehead atoms. The average Bonchev–Trinajstić information content (AvgIpc) is 2.54. The Morgan fingerprint density at radius 1 is 1.28 bits per heavy atom. The fourth-order valence-corrected chi connectivity index (χ4v) is 3.42. The summed E-state index contributed by atoms with van der Waals surface area (Å²) in [5, 5.41) is 2.66. The van der Waals surface area contributed by atoms with Gasteiger partial charge in [0.25, 0.3) is 0 Å². The molecule has 1 aromatic rings. The minimum absolute atomic E-state index is 0. The Labute approximate surface area is 156 Å². The Bertz CT molecular complexity index is 592. The normalized spacial score (nSPS) is 22.8. The van der Waals surface area contributed by atoms with Crippen molar-refractivity contribution in [2.24, 2.45) is 23.5 Å². The maximum absolute atomic E-state index is 12.7. The molecule has 5 nitrogen and oxygen atoms in total. The van der Waals surface area contributed by atoms with Gasteiger partial charge in [-0.1, -0.05) is 39.3 Å². The number of ether oxygens (including phenoxy) is 1. The molecule has 0 spiro atoms. The summed E-state index contributed by atoms with van der Waals surface area (Å²) in [5.41, 5.74) is 6.16. The molecule has 3 N–H and O–H groups in total. The minimum atomic E-state index is -0.382. The lowest BCUT2D eigenvalue weighted by molar-refractivity contribution is -0.114. The first kappa shape index (κ1) is 21.5. The van der Waals surface area contributed by atoms with Gasteiger partial charge in [0.05, 0.1) is 17.8 Å². The molecule has 1 saturated carbocycles. The van der Waals surface area contributed by atoms with Crippen LogP contribution in [0.4, 0.5) is 5.69 Å². The van der Waals surface area contributed by atoms with Gasteiger partial charge < -0.3 is 15.8 Å². The van der Waals surface area contributed by atoms with E-state index in [0.29, 0.717) is 29.0 Å². The van der Waals surface area contributed by atoms with Gasteiger partial charge in [-0.3, -0.25) is 4.79 Å². The first-order valence-electron chi connectivity index (χ1n) is 8.72. The Morgan fingerprint density at radius 3 is 2.60 bits per heavy atom. The van der Waals surface area contributed by atoms with Crippen LogP contribution < -0.4 is 11.1 Å². The van der Waals surface area contributed by atoms with Crippen molar-refractivity contribution < 1.29 is 14.3 Å². The monoisotopic (exact) mass is 368 g/mol. The minimum Gasteiger partial charge on any atom is -0.458 e. The number of nitrogens with two attached hydrogens (primary N) is 1. The molecular formula is C19H29ClN2O3. The van der Waals surface area contributed by atoms with E-state index in [1.165, 1.54) is 6.42 Å². The second kappa shape index (κ2) is 9.78. The van der Waals surface area contributed by atoms with E-state index in [1.807, 2.05) is 0 Å². The van der Waals surface area contributed by atoms with Crippen molar-refractivity contribution in [2.45, 2.75) is 46.1 Å². The summed E-state index contributed by atoms with van der Waals surface area (Å²) < 4.78 is 5.86. The molecule has 1 amide bonds. The van der Waals surface area contributed by atoms with Crippen molar-refractivity contribution in [1.29, 1.82) is 0 Å². The van der Waals surface area contributed by atoms with Crippen LogP contribution in [-0.2, 0) is 9.53 Å². The molecule has 1 aromatic carbocycles. The van der Waals surface area contributed by atoms with E-state index in [2.05, 4.69) is 26.1 Å². The van der Waals surface area contributed by atoms with E-state index in [9.17, 15) is 9.59 Å². The van der Waals surface area contributed by atoms with Gasteiger partial charge in [-0.05, 0) is 42.7 Å². The van der Waals surface area contributed by atoms with Crippen LogP contribution in [0.15, 0.2) is 24.3 Å². The third-order valence-corrected chi connectivity index (χ3v) is 4.83. The molecule has 0 radical (unpaired) electrons. The number of hydrogen-bond donors (Lipinski definition) is 2. The number of hydrogen-bond acceptors (Lipinski definition) is 4. The predicted octanol–water partition coefficient (Wildman–Crippen LogP) is 3.62. The SMILES string of the molecule is CC(C)[C@@H]1CC[C@@H](C)CC1OC(=O)c1ccccc1NC(=O)CN.Cl. The highest BCUT2D eigenvalue weighted by Gasteiger charge is 2.34. The summed E-state index contributed by atoms with van der Waals surface area (Å²) in [6.45, 7) is 6.43. The summed E-state index contributed by atoms with van der Waals surface area (Å²) >= 11 is 0. The molecule has 25 heavy (non-hydrogen) atoms. The topological polar surface area (TPSA) is 81.4 Å². The van der Waals surface area contributed by atoms with Crippen LogP contribution in [0.5, 0.6) is 0 Å². The summed E-state index contributed by atoms with van der Waals surface area (Å²) in [6.07, 6.45) is 3.09. The summed E-state index contributed by atoms with van der Waals surface area (Å²) in [6, 6.07) is 6.89. The van der Waals surface area contributed by atoms with Crippen LogP contribution in [0.25, 0.3) is 0 Å². The number of amides is 1. The number of nitrogens with one attached hydrogen (secondary N) is 1. The second-order valence-corrected chi connectivity index (χ2v) is 7.07. The second-order valence-electron chi connectivity index (χ2n) is 7.07. The zero-order chi connectivity index (χ0) is 17.7. The van der Waals surface area contributed by atoms with Crippen LogP contribution >= 0.6 is 12.4 Å². The maximum Gasteiger partial charge on any atom is 0.340 e. The first-order chi connectivity index (χ1) is 11.4. The molecule has 1 unspecified atom stereocenters. The molecule has 1 aliphatic rings. The lowest BCUT2D eigenvalue weighted by Crippen LogP contribution is -2.36. The summed E-state index contributed by atoms with van der Waals surface area (Å²) in [5.74, 6) is 0.706. The van der Waals surface area contributed by atoms with Crippen LogP contribution in [0, 0.1) is 17.8 Å². The molecule has 1 fully saturated rings. The van der Waals surface area contributed by atoms with E-state index < -0.39 is 0 Å². The molecule has 0 aromatic heterocycles. The van der Waals surface area contributed by atoms with Gasteiger partial charge in [0.2, 0.25) is 5.91 Å². The van der Waals surface area contributed by atoms with Crippen molar-refractivity contribution >= 4 is 30.0 Å². The number of carbonyl (C=O) groups excluding carboxylic acids is 2. The number of anilines is 1. The zero-order valence-electron chi connectivity index (χ0n) is 15.2. The molecule has 1 aliphatic carbocycles. The Morgan fingerprint density at radius 2 is 1.96 bits per heavy atom. The zero-order valence-corrected chi connectivity index (χ0v) is 16.0. The van der Waals surface area contributed by atoms with E-state index in [-0.39, 0.29) is 36.9 Å². The number of esters is 1. The molecule has 140 valence electrons. The highest BCUT2D eigenvalue weighted by atomic mass is 35.5. The van der Waals surface area contributed by atoms with E-state index >= 15 is 0 Å². The van der Waals surface area contributed by atoms with E-state index in [4.69, 9.17) is 10.5 Å². The Kier molecular flexibility index (Phi) is 8.39. The van der Waals surface area contributed by atoms with Crippen molar-refractivity contribution in [2.75, 3.05) is 11.9 Å². The third-order valence-electron chi connectivity index (χ3n) is 4.83. The summed E-state index contributed by atoms with van der Waals surface area (Å²) in [7, 11) is 0. The fourth-order valence-electron chi connectivity index (χ4n) is 3.42. The van der Waals surface area contributed by atoms with Gasteiger partial charge >= 0.3 is 5.97 Å². The van der Waals surface area contributed by atoms with Gasteiger partial charge in [0.15, 0.2) is 0 Å².